The second-order valence-electron chi connectivity index (χ2n) is 4.08. The van der Waals surface area contributed by atoms with Gasteiger partial charge in [-0.1, -0.05) is 25.4 Å². The average Bonchev–Trinajstić information content (AvgIpc) is 2.29. The molecule has 0 saturated heterocycles. The van der Waals surface area contributed by atoms with Gasteiger partial charge in [0.05, 0.1) is 18.2 Å². The summed E-state index contributed by atoms with van der Waals surface area (Å²) in [5.74, 6) is 1.55. The fraction of sp³-hybridized carbons (Fsp3) is 0.462. The molecule has 0 aromatic heterocycles. The van der Waals surface area contributed by atoms with Crippen molar-refractivity contribution in [2.45, 2.75) is 20.8 Å². The summed E-state index contributed by atoms with van der Waals surface area (Å²) in [5.41, 5.74) is 0.409. The molecule has 0 saturated carbocycles. The number of hydrogen-bond donors (Lipinski definition) is 0. The van der Waals surface area contributed by atoms with Gasteiger partial charge < -0.3 is 9.47 Å². The highest BCUT2D eigenvalue weighted by Gasteiger charge is 2.11. The van der Waals surface area contributed by atoms with E-state index in [0.29, 0.717) is 47.5 Å². The van der Waals surface area contributed by atoms with Crippen LogP contribution in [0.4, 0.5) is 0 Å². The molecule has 0 atom stereocenters. The van der Waals surface area contributed by atoms with Crippen LogP contribution in [0.2, 0.25) is 5.02 Å². The highest BCUT2D eigenvalue weighted by molar-refractivity contribution is 6.33. The first-order valence-electron chi connectivity index (χ1n) is 5.62. The summed E-state index contributed by atoms with van der Waals surface area (Å²) < 4.78 is 11.0. The Hall–Kier alpha value is -1.22. The molecule has 0 heterocycles. The van der Waals surface area contributed by atoms with Crippen molar-refractivity contribution in [3.8, 4) is 11.5 Å². The van der Waals surface area contributed by atoms with Crippen LogP contribution in [0.3, 0.4) is 0 Å². The standard InChI is InChI=1S/C13H17ClO3/c1-4-16-12-5-10(7-15)11(14)6-13(12)17-8-9(2)3/h5-7,9H,4,8H2,1-3H3. The van der Waals surface area contributed by atoms with Crippen LogP contribution in [0.15, 0.2) is 12.1 Å². The third-order valence-corrected chi connectivity index (χ3v) is 2.39. The van der Waals surface area contributed by atoms with Crippen molar-refractivity contribution in [1.82, 2.24) is 0 Å². The van der Waals surface area contributed by atoms with E-state index in [1.165, 1.54) is 0 Å². The first-order valence-corrected chi connectivity index (χ1v) is 6.00. The monoisotopic (exact) mass is 256 g/mol. The Morgan fingerprint density at radius 3 is 2.47 bits per heavy atom. The lowest BCUT2D eigenvalue weighted by Crippen LogP contribution is -2.06. The van der Waals surface area contributed by atoms with Gasteiger partial charge in [0.15, 0.2) is 17.8 Å². The first kappa shape index (κ1) is 13.8. The lowest BCUT2D eigenvalue weighted by atomic mass is 10.2. The van der Waals surface area contributed by atoms with Gasteiger partial charge in [0.2, 0.25) is 0 Å². The zero-order valence-electron chi connectivity index (χ0n) is 10.3. The van der Waals surface area contributed by atoms with Crippen molar-refractivity contribution in [1.29, 1.82) is 0 Å². The minimum absolute atomic E-state index is 0.377. The maximum absolute atomic E-state index is 10.8. The topological polar surface area (TPSA) is 35.5 Å². The Labute approximate surface area is 107 Å². The van der Waals surface area contributed by atoms with Crippen LogP contribution < -0.4 is 9.47 Å². The van der Waals surface area contributed by atoms with E-state index in [9.17, 15) is 4.79 Å². The molecule has 1 rings (SSSR count). The number of carbonyl (C=O) groups excluding carboxylic acids is 1. The molecule has 1 aromatic rings. The molecule has 0 fully saturated rings. The number of rotatable bonds is 6. The molecule has 0 radical (unpaired) electrons. The number of carbonyl (C=O) groups is 1. The number of aldehydes is 1. The first-order chi connectivity index (χ1) is 8.08. The van der Waals surface area contributed by atoms with Crippen LogP contribution >= 0.6 is 11.6 Å². The molecule has 0 aliphatic heterocycles. The van der Waals surface area contributed by atoms with Gasteiger partial charge in [0, 0.05) is 11.6 Å². The molecule has 0 bridgehead atoms. The summed E-state index contributed by atoms with van der Waals surface area (Å²) in [4.78, 5) is 10.8. The average molecular weight is 257 g/mol. The molecule has 3 nitrogen and oxygen atoms in total. The smallest absolute Gasteiger partial charge is 0.162 e. The maximum Gasteiger partial charge on any atom is 0.162 e. The molecule has 94 valence electrons. The SMILES string of the molecule is CCOc1cc(C=O)c(Cl)cc1OCC(C)C. The van der Waals surface area contributed by atoms with E-state index in [1.807, 2.05) is 6.92 Å². The van der Waals surface area contributed by atoms with Gasteiger partial charge >= 0.3 is 0 Å². The van der Waals surface area contributed by atoms with Gasteiger partial charge in [-0.05, 0) is 18.9 Å². The number of halogens is 1. The Kier molecular flexibility index (Phi) is 5.29. The summed E-state index contributed by atoms with van der Waals surface area (Å²) >= 11 is 5.95. The van der Waals surface area contributed by atoms with Crippen molar-refractivity contribution in [2.75, 3.05) is 13.2 Å². The van der Waals surface area contributed by atoms with E-state index in [4.69, 9.17) is 21.1 Å². The molecule has 0 N–H and O–H groups in total. The highest BCUT2D eigenvalue weighted by atomic mass is 35.5. The molecular weight excluding hydrogens is 240 g/mol. The van der Waals surface area contributed by atoms with E-state index < -0.39 is 0 Å². The Morgan fingerprint density at radius 2 is 1.94 bits per heavy atom. The van der Waals surface area contributed by atoms with E-state index in [-0.39, 0.29) is 0 Å². The van der Waals surface area contributed by atoms with E-state index in [2.05, 4.69) is 13.8 Å². The largest absolute Gasteiger partial charge is 0.490 e. The van der Waals surface area contributed by atoms with Crippen LogP contribution in [0, 0.1) is 5.92 Å². The van der Waals surface area contributed by atoms with Crippen molar-refractivity contribution in [3.63, 3.8) is 0 Å². The van der Waals surface area contributed by atoms with Gasteiger partial charge in [-0.3, -0.25) is 4.79 Å². The van der Waals surface area contributed by atoms with Crippen molar-refractivity contribution < 1.29 is 14.3 Å². The maximum atomic E-state index is 10.8. The Morgan fingerprint density at radius 1 is 1.29 bits per heavy atom. The molecule has 0 spiro atoms. The molecule has 0 aliphatic carbocycles. The number of ether oxygens (including phenoxy) is 2. The summed E-state index contributed by atoms with van der Waals surface area (Å²) in [6, 6.07) is 3.23. The zero-order valence-corrected chi connectivity index (χ0v) is 11.1. The second kappa shape index (κ2) is 6.50. The van der Waals surface area contributed by atoms with Gasteiger partial charge in [0.1, 0.15) is 0 Å². The van der Waals surface area contributed by atoms with E-state index >= 15 is 0 Å². The van der Waals surface area contributed by atoms with Gasteiger partial charge in [-0.2, -0.15) is 0 Å². The third kappa shape index (κ3) is 3.93. The normalized spacial score (nSPS) is 10.4. The minimum Gasteiger partial charge on any atom is -0.490 e. The summed E-state index contributed by atoms with van der Waals surface area (Å²) in [5, 5.41) is 0.377. The van der Waals surface area contributed by atoms with Crippen LogP contribution in [0.1, 0.15) is 31.1 Å². The van der Waals surface area contributed by atoms with Gasteiger partial charge in [-0.25, -0.2) is 0 Å². The van der Waals surface area contributed by atoms with Gasteiger partial charge in [0.25, 0.3) is 0 Å². The van der Waals surface area contributed by atoms with Gasteiger partial charge in [-0.15, -0.1) is 0 Å². The number of benzene rings is 1. The lowest BCUT2D eigenvalue weighted by molar-refractivity contribution is 0.112. The molecule has 0 amide bonds. The molecule has 4 heteroatoms. The summed E-state index contributed by atoms with van der Waals surface area (Å²) in [6.07, 6.45) is 0.705. The van der Waals surface area contributed by atoms with E-state index in [1.54, 1.807) is 12.1 Å². The highest BCUT2D eigenvalue weighted by Crippen LogP contribution is 2.33. The van der Waals surface area contributed by atoms with Crippen LogP contribution in [0.25, 0.3) is 0 Å². The van der Waals surface area contributed by atoms with Crippen molar-refractivity contribution in [2.24, 2.45) is 5.92 Å². The minimum atomic E-state index is 0.377. The van der Waals surface area contributed by atoms with E-state index in [0.717, 1.165) is 0 Å². The molecule has 1 aromatic carbocycles. The molecule has 0 aliphatic rings. The quantitative estimate of drug-likeness (QED) is 0.730. The summed E-state index contributed by atoms with van der Waals surface area (Å²) in [7, 11) is 0. The summed E-state index contributed by atoms with van der Waals surface area (Å²) in [6.45, 7) is 7.08. The predicted molar refractivity (Wildman–Crippen MR) is 68.3 cm³/mol. The predicted octanol–water partition coefficient (Wildman–Crippen LogP) is 3.59. The number of hydrogen-bond acceptors (Lipinski definition) is 3. The third-order valence-electron chi connectivity index (χ3n) is 2.06. The Balaban J connectivity index is 2.99. The fourth-order valence-corrected chi connectivity index (χ4v) is 1.48. The molecular formula is C13H17ClO3. The second-order valence-corrected chi connectivity index (χ2v) is 4.48. The van der Waals surface area contributed by atoms with Crippen LogP contribution in [-0.4, -0.2) is 19.5 Å². The molecule has 0 unspecified atom stereocenters. The molecule has 17 heavy (non-hydrogen) atoms. The van der Waals surface area contributed by atoms with Crippen molar-refractivity contribution >= 4 is 17.9 Å². The fourth-order valence-electron chi connectivity index (χ4n) is 1.28. The Bertz CT molecular complexity index is 388. The van der Waals surface area contributed by atoms with Crippen LogP contribution in [0.5, 0.6) is 11.5 Å². The zero-order chi connectivity index (χ0) is 12.8. The van der Waals surface area contributed by atoms with Crippen molar-refractivity contribution in [3.05, 3.63) is 22.7 Å². The van der Waals surface area contributed by atoms with Crippen LogP contribution in [-0.2, 0) is 0 Å². The lowest BCUT2D eigenvalue weighted by Gasteiger charge is -2.14.